The highest BCUT2D eigenvalue weighted by atomic mass is 16.2. The summed E-state index contributed by atoms with van der Waals surface area (Å²) >= 11 is 0. The molecule has 0 aromatic heterocycles. The Hall–Kier alpha value is -1.55. The lowest BCUT2D eigenvalue weighted by atomic mass is 9.97. The number of urea groups is 1. The van der Waals surface area contributed by atoms with Crippen molar-refractivity contribution in [3.63, 3.8) is 0 Å². The molecule has 2 N–H and O–H groups in total. The Kier molecular flexibility index (Phi) is 4.98. The Morgan fingerprint density at radius 2 is 1.95 bits per heavy atom. The monoisotopic (exact) mass is 301 g/mol. The third-order valence-electron chi connectivity index (χ3n) is 4.92. The van der Waals surface area contributed by atoms with Gasteiger partial charge in [0.1, 0.15) is 0 Å². The standard InChI is InChI=1S/C18H27N3O/c1-2-19-18(22)21-10-8-14(9-11-21)13-20-17-12-16(17)15-6-4-3-5-7-15/h3-7,14,16-17,20H,2,8-13H2,1H3,(H,19,22). The zero-order chi connectivity index (χ0) is 15.4. The van der Waals surface area contributed by atoms with Gasteiger partial charge >= 0.3 is 6.03 Å². The fourth-order valence-electron chi connectivity index (χ4n) is 3.41. The van der Waals surface area contributed by atoms with Crippen LogP contribution in [0.25, 0.3) is 0 Å². The predicted molar refractivity (Wildman–Crippen MR) is 89.0 cm³/mol. The topological polar surface area (TPSA) is 44.4 Å². The van der Waals surface area contributed by atoms with Crippen LogP contribution in [0.2, 0.25) is 0 Å². The first-order chi connectivity index (χ1) is 10.8. The van der Waals surface area contributed by atoms with Crippen molar-refractivity contribution in [1.82, 2.24) is 15.5 Å². The summed E-state index contributed by atoms with van der Waals surface area (Å²) in [4.78, 5) is 13.7. The van der Waals surface area contributed by atoms with Crippen molar-refractivity contribution in [1.29, 1.82) is 0 Å². The molecule has 1 aromatic rings. The van der Waals surface area contributed by atoms with Crippen LogP contribution in [0.4, 0.5) is 4.79 Å². The van der Waals surface area contributed by atoms with Gasteiger partial charge in [-0.2, -0.15) is 0 Å². The van der Waals surface area contributed by atoms with Crippen LogP contribution in [-0.4, -0.2) is 43.2 Å². The number of carbonyl (C=O) groups is 1. The third-order valence-corrected chi connectivity index (χ3v) is 4.92. The molecule has 120 valence electrons. The number of carbonyl (C=O) groups excluding carboxylic acids is 1. The Morgan fingerprint density at radius 1 is 1.23 bits per heavy atom. The SMILES string of the molecule is CCNC(=O)N1CCC(CNC2CC2c2ccccc2)CC1. The van der Waals surface area contributed by atoms with E-state index >= 15 is 0 Å². The van der Waals surface area contributed by atoms with Gasteiger partial charge in [0, 0.05) is 31.6 Å². The predicted octanol–water partition coefficient (Wildman–Crippen LogP) is 2.57. The molecule has 1 saturated carbocycles. The van der Waals surface area contributed by atoms with Crippen molar-refractivity contribution < 1.29 is 4.79 Å². The average Bonchev–Trinajstić information content (AvgIpc) is 3.34. The van der Waals surface area contributed by atoms with Gasteiger partial charge < -0.3 is 15.5 Å². The number of hydrogen-bond donors (Lipinski definition) is 2. The van der Waals surface area contributed by atoms with E-state index < -0.39 is 0 Å². The van der Waals surface area contributed by atoms with Gasteiger partial charge in [0.05, 0.1) is 0 Å². The molecule has 2 unspecified atom stereocenters. The van der Waals surface area contributed by atoms with Crippen molar-refractivity contribution in [2.24, 2.45) is 5.92 Å². The number of amides is 2. The van der Waals surface area contributed by atoms with E-state index in [1.807, 2.05) is 11.8 Å². The van der Waals surface area contributed by atoms with Crippen molar-refractivity contribution in [3.8, 4) is 0 Å². The van der Waals surface area contributed by atoms with Crippen molar-refractivity contribution in [3.05, 3.63) is 35.9 Å². The van der Waals surface area contributed by atoms with Crippen molar-refractivity contribution >= 4 is 6.03 Å². The zero-order valence-electron chi connectivity index (χ0n) is 13.4. The molecule has 4 nitrogen and oxygen atoms in total. The van der Waals surface area contributed by atoms with Crippen LogP contribution in [0.15, 0.2) is 30.3 Å². The maximum absolute atomic E-state index is 11.8. The molecule has 1 heterocycles. The Bertz CT molecular complexity index is 482. The molecule has 0 radical (unpaired) electrons. The molecule has 0 spiro atoms. The minimum absolute atomic E-state index is 0.0974. The van der Waals surface area contributed by atoms with Crippen molar-refractivity contribution in [2.45, 2.75) is 38.1 Å². The van der Waals surface area contributed by atoms with Crippen LogP contribution in [-0.2, 0) is 0 Å². The molecule has 4 heteroatoms. The van der Waals surface area contributed by atoms with Gasteiger partial charge in [-0.15, -0.1) is 0 Å². The Labute approximate surface area is 133 Å². The highest BCUT2D eigenvalue weighted by Crippen LogP contribution is 2.40. The molecular formula is C18H27N3O. The largest absolute Gasteiger partial charge is 0.338 e. The molecule has 22 heavy (non-hydrogen) atoms. The second-order valence-electron chi connectivity index (χ2n) is 6.53. The number of benzene rings is 1. The molecule has 2 atom stereocenters. The van der Waals surface area contributed by atoms with E-state index in [4.69, 9.17) is 0 Å². The maximum Gasteiger partial charge on any atom is 0.317 e. The van der Waals surface area contributed by atoms with Gasteiger partial charge in [-0.1, -0.05) is 30.3 Å². The fourth-order valence-corrected chi connectivity index (χ4v) is 3.41. The first-order valence-corrected chi connectivity index (χ1v) is 8.59. The second kappa shape index (κ2) is 7.14. The lowest BCUT2D eigenvalue weighted by Gasteiger charge is -2.32. The van der Waals surface area contributed by atoms with Gasteiger partial charge in [0.15, 0.2) is 0 Å². The van der Waals surface area contributed by atoms with Crippen LogP contribution in [0.1, 0.15) is 37.7 Å². The molecule has 0 bridgehead atoms. The molecule has 1 aliphatic heterocycles. The van der Waals surface area contributed by atoms with Gasteiger partial charge in [0.25, 0.3) is 0 Å². The van der Waals surface area contributed by atoms with E-state index in [0.29, 0.717) is 24.4 Å². The van der Waals surface area contributed by atoms with Gasteiger partial charge in [-0.3, -0.25) is 0 Å². The van der Waals surface area contributed by atoms with E-state index in [-0.39, 0.29) is 6.03 Å². The Balaban J connectivity index is 1.36. The molecule has 1 aliphatic carbocycles. The second-order valence-corrected chi connectivity index (χ2v) is 6.53. The average molecular weight is 301 g/mol. The lowest BCUT2D eigenvalue weighted by molar-refractivity contribution is 0.170. The van der Waals surface area contributed by atoms with Gasteiger partial charge in [-0.05, 0) is 44.2 Å². The van der Waals surface area contributed by atoms with Crippen molar-refractivity contribution in [2.75, 3.05) is 26.2 Å². The lowest BCUT2D eigenvalue weighted by Crippen LogP contribution is -2.45. The summed E-state index contributed by atoms with van der Waals surface area (Å²) in [7, 11) is 0. The summed E-state index contributed by atoms with van der Waals surface area (Å²) in [6.45, 7) is 5.56. The molecule has 2 amide bonds. The maximum atomic E-state index is 11.8. The molecule has 1 aromatic carbocycles. The quantitative estimate of drug-likeness (QED) is 0.878. The molecule has 2 aliphatic rings. The minimum atomic E-state index is 0.0974. The van der Waals surface area contributed by atoms with E-state index in [9.17, 15) is 4.79 Å². The normalized spacial score (nSPS) is 25.0. The van der Waals surface area contributed by atoms with Crippen LogP contribution in [0.5, 0.6) is 0 Å². The third kappa shape index (κ3) is 3.80. The highest BCUT2D eigenvalue weighted by Gasteiger charge is 2.38. The number of nitrogens with zero attached hydrogens (tertiary/aromatic N) is 1. The van der Waals surface area contributed by atoms with E-state index in [1.54, 1.807) is 0 Å². The molecule has 2 fully saturated rings. The molecular weight excluding hydrogens is 274 g/mol. The van der Waals surface area contributed by atoms with Crippen LogP contribution >= 0.6 is 0 Å². The zero-order valence-corrected chi connectivity index (χ0v) is 13.4. The number of rotatable bonds is 5. The first-order valence-electron chi connectivity index (χ1n) is 8.59. The van der Waals surface area contributed by atoms with E-state index in [2.05, 4.69) is 41.0 Å². The highest BCUT2D eigenvalue weighted by molar-refractivity contribution is 5.74. The summed E-state index contributed by atoms with van der Waals surface area (Å²) in [5.74, 6) is 1.42. The summed E-state index contributed by atoms with van der Waals surface area (Å²) in [5, 5.41) is 6.61. The number of nitrogens with one attached hydrogen (secondary N) is 2. The van der Waals surface area contributed by atoms with Crippen LogP contribution in [0.3, 0.4) is 0 Å². The van der Waals surface area contributed by atoms with Crippen LogP contribution < -0.4 is 10.6 Å². The summed E-state index contributed by atoms with van der Waals surface area (Å²) in [6, 6.07) is 11.6. The minimum Gasteiger partial charge on any atom is -0.338 e. The summed E-state index contributed by atoms with van der Waals surface area (Å²) in [6.07, 6.45) is 3.50. The Morgan fingerprint density at radius 3 is 2.64 bits per heavy atom. The fraction of sp³-hybridized carbons (Fsp3) is 0.611. The number of piperidine rings is 1. The first kappa shape index (κ1) is 15.3. The number of hydrogen-bond acceptors (Lipinski definition) is 2. The summed E-state index contributed by atoms with van der Waals surface area (Å²) in [5.41, 5.74) is 1.46. The molecule has 1 saturated heterocycles. The van der Waals surface area contributed by atoms with Crippen LogP contribution in [0, 0.1) is 5.92 Å². The summed E-state index contributed by atoms with van der Waals surface area (Å²) < 4.78 is 0. The number of likely N-dealkylation sites (tertiary alicyclic amines) is 1. The van der Waals surface area contributed by atoms with Gasteiger partial charge in [0.2, 0.25) is 0 Å². The van der Waals surface area contributed by atoms with E-state index in [1.165, 1.54) is 12.0 Å². The smallest absolute Gasteiger partial charge is 0.317 e. The van der Waals surface area contributed by atoms with E-state index in [0.717, 1.165) is 32.5 Å². The van der Waals surface area contributed by atoms with Gasteiger partial charge in [-0.25, -0.2) is 4.79 Å². The molecule has 3 rings (SSSR count).